The van der Waals surface area contributed by atoms with E-state index in [1.807, 2.05) is 4.90 Å². The van der Waals surface area contributed by atoms with E-state index in [-0.39, 0.29) is 11.9 Å². The number of rotatable bonds is 5. The molecule has 1 saturated carbocycles. The van der Waals surface area contributed by atoms with Gasteiger partial charge in [0, 0.05) is 32.1 Å². The van der Waals surface area contributed by atoms with Crippen molar-refractivity contribution in [2.24, 2.45) is 0 Å². The Morgan fingerprint density at radius 3 is 2.00 bits per heavy atom. The number of nitrogens with zero attached hydrogens (tertiary/aromatic N) is 1. The fraction of sp³-hybridized carbons (Fsp3) is 0.857. The van der Waals surface area contributed by atoms with E-state index in [1.165, 1.54) is 44.9 Å². The molecule has 1 saturated heterocycles. The maximum absolute atomic E-state index is 12.2. The second kappa shape index (κ2) is 12.7. The Hall–Kier alpha value is -1.59. The van der Waals surface area contributed by atoms with Crippen LogP contribution in [-0.2, 0) is 14.4 Å². The van der Waals surface area contributed by atoms with Gasteiger partial charge in [-0.25, -0.2) is 0 Å². The van der Waals surface area contributed by atoms with Crippen LogP contribution < -0.4 is 10.6 Å². The molecule has 1 aliphatic carbocycles. The van der Waals surface area contributed by atoms with Crippen LogP contribution in [-0.4, -0.2) is 48.3 Å². The summed E-state index contributed by atoms with van der Waals surface area (Å²) < 4.78 is 0. The van der Waals surface area contributed by atoms with E-state index in [9.17, 15) is 14.4 Å². The first kappa shape index (κ1) is 21.7. The maximum atomic E-state index is 12.2. The number of carbonyl (C=O) groups excluding carboxylic acids is 3. The summed E-state index contributed by atoms with van der Waals surface area (Å²) in [5, 5.41) is 5.63. The molecule has 2 fully saturated rings. The molecule has 0 bridgehead atoms. The van der Waals surface area contributed by atoms with E-state index >= 15 is 0 Å². The van der Waals surface area contributed by atoms with Gasteiger partial charge >= 0.3 is 11.8 Å². The topological polar surface area (TPSA) is 78.5 Å². The normalized spacial score (nSPS) is 20.6. The fourth-order valence-corrected chi connectivity index (χ4v) is 4.05. The number of likely N-dealkylation sites (tertiary alicyclic amines) is 1. The van der Waals surface area contributed by atoms with Gasteiger partial charge in [0.25, 0.3) is 0 Å². The summed E-state index contributed by atoms with van der Waals surface area (Å²) in [5.41, 5.74) is 0. The van der Waals surface area contributed by atoms with Gasteiger partial charge in [-0.2, -0.15) is 0 Å². The van der Waals surface area contributed by atoms with E-state index in [0.29, 0.717) is 25.9 Å². The number of amides is 3. The Morgan fingerprint density at radius 2 is 1.44 bits per heavy atom. The molecule has 0 aromatic carbocycles. The summed E-state index contributed by atoms with van der Waals surface area (Å²) in [6, 6.07) is 0.116. The van der Waals surface area contributed by atoms with E-state index in [0.717, 1.165) is 38.6 Å². The fourth-order valence-electron chi connectivity index (χ4n) is 4.05. The van der Waals surface area contributed by atoms with Crippen LogP contribution in [0.4, 0.5) is 0 Å². The highest BCUT2D eigenvalue weighted by atomic mass is 16.2. The average molecular weight is 380 g/mol. The second-order valence-corrected chi connectivity index (χ2v) is 8.02. The molecule has 3 amide bonds. The summed E-state index contributed by atoms with van der Waals surface area (Å²) >= 11 is 0. The molecule has 0 aromatic heterocycles. The van der Waals surface area contributed by atoms with Gasteiger partial charge in [-0.15, -0.1) is 0 Å². The zero-order valence-corrected chi connectivity index (χ0v) is 16.8. The van der Waals surface area contributed by atoms with Crippen LogP contribution in [0, 0.1) is 0 Å². The van der Waals surface area contributed by atoms with E-state index in [4.69, 9.17) is 0 Å². The molecule has 27 heavy (non-hydrogen) atoms. The molecule has 2 aliphatic rings. The summed E-state index contributed by atoms with van der Waals surface area (Å²) in [6.07, 6.45) is 15.4. The molecular formula is C21H37N3O3. The van der Waals surface area contributed by atoms with Crippen molar-refractivity contribution in [2.45, 2.75) is 95.9 Å². The van der Waals surface area contributed by atoms with E-state index in [2.05, 4.69) is 10.6 Å². The van der Waals surface area contributed by atoms with E-state index < -0.39 is 11.8 Å². The molecule has 2 rings (SSSR count). The molecule has 6 nitrogen and oxygen atoms in total. The van der Waals surface area contributed by atoms with Gasteiger partial charge in [0.15, 0.2) is 0 Å². The van der Waals surface area contributed by atoms with Crippen LogP contribution in [0.2, 0.25) is 0 Å². The van der Waals surface area contributed by atoms with Gasteiger partial charge in [-0.05, 0) is 25.7 Å². The summed E-state index contributed by atoms with van der Waals surface area (Å²) in [4.78, 5) is 37.6. The summed E-state index contributed by atoms with van der Waals surface area (Å²) in [5.74, 6) is -0.861. The summed E-state index contributed by atoms with van der Waals surface area (Å²) in [6.45, 7) is 1.90. The Bertz CT molecular complexity index is 469. The van der Waals surface area contributed by atoms with Crippen LogP contribution in [0.3, 0.4) is 0 Å². The smallest absolute Gasteiger partial charge is 0.309 e. The first-order valence-electron chi connectivity index (χ1n) is 11.0. The molecule has 0 atom stereocenters. The van der Waals surface area contributed by atoms with Crippen molar-refractivity contribution in [1.82, 2.24) is 15.5 Å². The number of hydrogen-bond acceptors (Lipinski definition) is 3. The molecule has 6 heteroatoms. The Morgan fingerprint density at radius 1 is 0.852 bits per heavy atom. The van der Waals surface area contributed by atoms with Crippen molar-refractivity contribution >= 4 is 17.7 Å². The molecular weight excluding hydrogens is 342 g/mol. The van der Waals surface area contributed by atoms with E-state index in [1.54, 1.807) is 0 Å². The Kier molecular flexibility index (Phi) is 10.2. The molecule has 1 aliphatic heterocycles. The van der Waals surface area contributed by atoms with Crippen LogP contribution >= 0.6 is 0 Å². The SMILES string of the molecule is O=C(NCCCN1CCCC1=O)C(=O)NC1CCCCCCCCCCC1. The Balaban J connectivity index is 1.64. The third-order valence-corrected chi connectivity index (χ3v) is 5.71. The number of carbonyl (C=O) groups is 3. The van der Waals surface area contributed by atoms with Crippen molar-refractivity contribution in [3.63, 3.8) is 0 Å². The van der Waals surface area contributed by atoms with Crippen molar-refractivity contribution in [2.75, 3.05) is 19.6 Å². The lowest BCUT2D eigenvalue weighted by Crippen LogP contribution is -2.45. The van der Waals surface area contributed by atoms with Crippen LogP contribution in [0.25, 0.3) is 0 Å². The lowest BCUT2D eigenvalue weighted by molar-refractivity contribution is -0.139. The molecule has 1 heterocycles. The largest absolute Gasteiger partial charge is 0.348 e. The predicted octanol–water partition coefficient (Wildman–Crippen LogP) is 2.90. The van der Waals surface area contributed by atoms with Gasteiger partial charge in [0.05, 0.1) is 0 Å². The van der Waals surface area contributed by atoms with Gasteiger partial charge in [0.2, 0.25) is 5.91 Å². The third kappa shape index (κ3) is 8.76. The second-order valence-electron chi connectivity index (χ2n) is 8.02. The van der Waals surface area contributed by atoms with Crippen LogP contribution in [0.5, 0.6) is 0 Å². The van der Waals surface area contributed by atoms with Crippen LogP contribution in [0.15, 0.2) is 0 Å². The molecule has 0 radical (unpaired) electrons. The third-order valence-electron chi connectivity index (χ3n) is 5.71. The van der Waals surface area contributed by atoms with Crippen LogP contribution in [0.1, 0.15) is 89.9 Å². The average Bonchev–Trinajstić information content (AvgIpc) is 3.05. The zero-order valence-electron chi connectivity index (χ0n) is 16.8. The molecule has 0 aromatic rings. The lowest BCUT2D eigenvalue weighted by atomic mass is 9.98. The van der Waals surface area contributed by atoms with Gasteiger partial charge in [0.1, 0.15) is 0 Å². The van der Waals surface area contributed by atoms with Gasteiger partial charge in [-0.3, -0.25) is 14.4 Å². The summed E-state index contributed by atoms with van der Waals surface area (Å²) in [7, 11) is 0. The monoisotopic (exact) mass is 379 g/mol. The molecule has 154 valence electrons. The van der Waals surface area contributed by atoms with Crippen molar-refractivity contribution in [3.05, 3.63) is 0 Å². The maximum Gasteiger partial charge on any atom is 0.309 e. The van der Waals surface area contributed by atoms with Crippen molar-refractivity contribution in [3.8, 4) is 0 Å². The highest BCUT2D eigenvalue weighted by Crippen LogP contribution is 2.17. The highest BCUT2D eigenvalue weighted by Gasteiger charge is 2.20. The minimum atomic E-state index is -0.547. The molecule has 2 N–H and O–H groups in total. The van der Waals surface area contributed by atoms with Gasteiger partial charge in [-0.1, -0.05) is 57.8 Å². The lowest BCUT2D eigenvalue weighted by Gasteiger charge is -2.19. The highest BCUT2D eigenvalue weighted by molar-refractivity contribution is 6.35. The van der Waals surface area contributed by atoms with Gasteiger partial charge < -0.3 is 15.5 Å². The minimum Gasteiger partial charge on any atom is -0.348 e. The number of hydrogen-bond donors (Lipinski definition) is 2. The Labute approximate surface area is 163 Å². The molecule has 0 spiro atoms. The standard InChI is InChI=1S/C21H37N3O3/c25-19-14-10-16-24(19)17-11-15-22-20(26)21(27)23-18-12-8-6-4-2-1-3-5-7-9-13-18/h18H,1-17H2,(H,22,26)(H,23,27). The quantitative estimate of drug-likeness (QED) is 0.569. The first-order valence-corrected chi connectivity index (χ1v) is 11.0. The zero-order chi connectivity index (χ0) is 19.3. The molecule has 0 unspecified atom stereocenters. The first-order chi connectivity index (χ1) is 13.2. The predicted molar refractivity (Wildman–Crippen MR) is 106 cm³/mol. The van der Waals surface area contributed by atoms with Crippen molar-refractivity contribution in [1.29, 1.82) is 0 Å². The van der Waals surface area contributed by atoms with Crippen molar-refractivity contribution < 1.29 is 14.4 Å². The number of nitrogens with one attached hydrogen (secondary N) is 2. The minimum absolute atomic E-state index is 0.116.